The molecule has 1 fully saturated rings. The van der Waals surface area contributed by atoms with Crippen molar-refractivity contribution in [1.82, 2.24) is 9.80 Å². The molecule has 1 unspecified atom stereocenters. The van der Waals surface area contributed by atoms with Crippen molar-refractivity contribution in [1.29, 1.82) is 0 Å². The molecule has 0 aromatic carbocycles. The van der Waals surface area contributed by atoms with Gasteiger partial charge in [0.25, 0.3) is 0 Å². The van der Waals surface area contributed by atoms with Gasteiger partial charge in [0, 0.05) is 19.1 Å². The summed E-state index contributed by atoms with van der Waals surface area (Å²) in [6, 6.07) is 0.0911. The second-order valence-corrected chi connectivity index (χ2v) is 6.51. The summed E-state index contributed by atoms with van der Waals surface area (Å²) in [7, 11) is 4.09. The van der Waals surface area contributed by atoms with Gasteiger partial charge in [-0.15, -0.1) is 0 Å². The summed E-state index contributed by atoms with van der Waals surface area (Å²) in [6.45, 7) is 5.96. The average molecular weight is 269 g/mol. The Labute approximate surface area is 118 Å². The Kier molecular flexibility index (Phi) is 6.80. The van der Waals surface area contributed by atoms with Crippen LogP contribution in [0.3, 0.4) is 0 Å². The summed E-state index contributed by atoms with van der Waals surface area (Å²) in [5, 5.41) is 0. The third kappa shape index (κ3) is 5.49. The molecule has 0 aromatic heterocycles. The van der Waals surface area contributed by atoms with Crippen LogP contribution in [0.15, 0.2) is 0 Å². The van der Waals surface area contributed by atoms with Gasteiger partial charge in [-0.1, -0.05) is 26.7 Å². The van der Waals surface area contributed by atoms with Crippen molar-refractivity contribution in [2.75, 3.05) is 27.2 Å². The lowest BCUT2D eigenvalue weighted by Gasteiger charge is -2.32. The summed E-state index contributed by atoms with van der Waals surface area (Å²) in [6.07, 6.45) is 5.57. The Bertz CT molecular complexity index is 273. The fourth-order valence-electron chi connectivity index (χ4n) is 2.82. The highest BCUT2D eigenvalue weighted by atomic mass is 16.2. The SMILES string of the molecule is CC(C)CC(N)C(=O)N(CCN(C)C)C1CCCC1. The Balaban J connectivity index is 2.62. The van der Waals surface area contributed by atoms with Crippen LogP contribution in [0.25, 0.3) is 0 Å². The fraction of sp³-hybridized carbons (Fsp3) is 0.933. The first-order chi connectivity index (χ1) is 8.91. The molecule has 0 aliphatic heterocycles. The van der Waals surface area contributed by atoms with Gasteiger partial charge in [0.15, 0.2) is 0 Å². The molecule has 1 atom stereocenters. The van der Waals surface area contributed by atoms with Crippen LogP contribution >= 0.6 is 0 Å². The number of nitrogens with two attached hydrogens (primary N) is 1. The number of hydrogen-bond acceptors (Lipinski definition) is 3. The van der Waals surface area contributed by atoms with E-state index in [4.69, 9.17) is 5.73 Å². The van der Waals surface area contributed by atoms with E-state index in [1.54, 1.807) is 0 Å². The molecule has 112 valence electrons. The van der Waals surface area contributed by atoms with Gasteiger partial charge in [0.2, 0.25) is 5.91 Å². The molecule has 19 heavy (non-hydrogen) atoms. The van der Waals surface area contributed by atoms with E-state index in [1.165, 1.54) is 12.8 Å². The first-order valence-corrected chi connectivity index (χ1v) is 7.62. The monoisotopic (exact) mass is 269 g/mol. The largest absolute Gasteiger partial charge is 0.337 e. The second-order valence-electron chi connectivity index (χ2n) is 6.51. The fourth-order valence-corrected chi connectivity index (χ4v) is 2.82. The molecule has 0 spiro atoms. The van der Waals surface area contributed by atoms with Crippen LogP contribution in [0, 0.1) is 5.92 Å². The molecule has 1 aliphatic carbocycles. The van der Waals surface area contributed by atoms with Crippen LogP contribution in [-0.2, 0) is 4.79 Å². The lowest BCUT2D eigenvalue weighted by atomic mass is 10.0. The number of hydrogen-bond donors (Lipinski definition) is 1. The molecule has 1 saturated carbocycles. The maximum atomic E-state index is 12.6. The zero-order valence-corrected chi connectivity index (χ0v) is 13.1. The lowest BCUT2D eigenvalue weighted by Crippen LogP contribution is -2.50. The van der Waals surface area contributed by atoms with E-state index in [0.717, 1.165) is 32.4 Å². The number of rotatable bonds is 7. The van der Waals surface area contributed by atoms with Crippen molar-refractivity contribution >= 4 is 5.91 Å². The highest BCUT2D eigenvalue weighted by Crippen LogP contribution is 2.24. The van der Waals surface area contributed by atoms with E-state index < -0.39 is 0 Å². The average Bonchev–Trinajstić information content (AvgIpc) is 2.81. The molecule has 0 aromatic rings. The van der Waals surface area contributed by atoms with E-state index in [0.29, 0.717) is 12.0 Å². The molecule has 1 amide bonds. The van der Waals surface area contributed by atoms with Crippen molar-refractivity contribution in [3.63, 3.8) is 0 Å². The van der Waals surface area contributed by atoms with Crippen LogP contribution in [0.2, 0.25) is 0 Å². The molecule has 0 radical (unpaired) electrons. The molecule has 4 nitrogen and oxygen atoms in total. The Morgan fingerprint density at radius 3 is 2.26 bits per heavy atom. The normalized spacial score (nSPS) is 18.3. The summed E-state index contributed by atoms with van der Waals surface area (Å²) in [5.74, 6) is 0.626. The van der Waals surface area contributed by atoms with Gasteiger partial charge in [-0.05, 0) is 39.3 Å². The van der Waals surface area contributed by atoms with Gasteiger partial charge in [-0.3, -0.25) is 4.79 Å². The first kappa shape index (κ1) is 16.4. The quantitative estimate of drug-likeness (QED) is 0.765. The van der Waals surface area contributed by atoms with E-state index in [9.17, 15) is 4.79 Å². The molecular weight excluding hydrogens is 238 g/mol. The third-order valence-electron chi connectivity index (χ3n) is 3.88. The second kappa shape index (κ2) is 7.85. The van der Waals surface area contributed by atoms with Gasteiger partial charge < -0.3 is 15.5 Å². The van der Waals surface area contributed by atoms with Crippen molar-refractivity contribution in [3.05, 3.63) is 0 Å². The van der Waals surface area contributed by atoms with E-state index >= 15 is 0 Å². The van der Waals surface area contributed by atoms with Gasteiger partial charge in [0.05, 0.1) is 6.04 Å². The predicted octanol–water partition coefficient (Wildman–Crippen LogP) is 1.69. The van der Waals surface area contributed by atoms with Crippen LogP contribution in [0.1, 0.15) is 46.0 Å². The predicted molar refractivity (Wildman–Crippen MR) is 80.0 cm³/mol. The molecule has 0 heterocycles. The third-order valence-corrected chi connectivity index (χ3v) is 3.88. The Morgan fingerprint density at radius 1 is 1.21 bits per heavy atom. The molecular formula is C15H31N3O. The molecule has 1 rings (SSSR count). The van der Waals surface area contributed by atoms with Crippen molar-refractivity contribution < 1.29 is 4.79 Å². The first-order valence-electron chi connectivity index (χ1n) is 7.62. The maximum Gasteiger partial charge on any atom is 0.239 e. The topological polar surface area (TPSA) is 49.6 Å². The van der Waals surface area contributed by atoms with Gasteiger partial charge >= 0.3 is 0 Å². The highest BCUT2D eigenvalue weighted by molar-refractivity contribution is 5.82. The van der Waals surface area contributed by atoms with Crippen LogP contribution < -0.4 is 5.73 Å². The van der Waals surface area contributed by atoms with E-state index in [1.807, 2.05) is 14.1 Å². The van der Waals surface area contributed by atoms with Crippen molar-refractivity contribution in [2.24, 2.45) is 11.7 Å². The molecule has 4 heteroatoms. The van der Waals surface area contributed by atoms with Gasteiger partial charge in [0.1, 0.15) is 0 Å². The van der Waals surface area contributed by atoms with E-state index in [-0.39, 0.29) is 11.9 Å². The van der Waals surface area contributed by atoms with E-state index in [2.05, 4.69) is 23.6 Å². The summed E-state index contributed by atoms with van der Waals surface area (Å²) >= 11 is 0. The number of nitrogens with zero attached hydrogens (tertiary/aromatic N) is 2. The van der Waals surface area contributed by atoms with Crippen LogP contribution in [0.4, 0.5) is 0 Å². The van der Waals surface area contributed by atoms with Crippen molar-refractivity contribution in [2.45, 2.75) is 58.0 Å². The minimum Gasteiger partial charge on any atom is -0.337 e. The minimum absolute atomic E-state index is 0.155. The molecule has 0 saturated heterocycles. The Morgan fingerprint density at radius 2 is 1.79 bits per heavy atom. The molecule has 0 bridgehead atoms. The minimum atomic E-state index is -0.331. The standard InChI is InChI=1S/C15H31N3O/c1-12(2)11-14(16)15(19)18(10-9-17(3)4)13-7-5-6-8-13/h12-14H,5-11,16H2,1-4H3. The van der Waals surface area contributed by atoms with Gasteiger partial charge in [-0.25, -0.2) is 0 Å². The number of carbonyl (C=O) groups excluding carboxylic acids is 1. The highest BCUT2D eigenvalue weighted by Gasteiger charge is 2.29. The Hall–Kier alpha value is -0.610. The zero-order chi connectivity index (χ0) is 14.4. The van der Waals surface area contributed by atoms with Crippen LogP contribution in [-0.4, -0.2) is 55.0 Å². The molecule has 2 N–H and O–H groups in total. The maximum absolute atomic E-state index is 12.6. The molecule has 1 aliphatic rings. The summed E-state index contributed by atoms with van der Waals surface area (Å²) in [4.78, 5) is 16.7. The number of amides is 1. The summed E-state index contributed by atoms with van der Waals surface area (Å²) in [5.41, 5.74) is 6.09. The zero-order valence-electron chi connectivity index (χ0n) is 13.1. The van der Waals surface area contributed by atoms with Gasteiger partial charge in [-0.2, -0.15) is 0 Å². The van der Waals surface area contributed by atoms with Crippen molar-refractivity contribution in [3.8, 4) is 0 Å². The van der Waals surface area contributed by atoms with Crippen LogP contribution in [0.5, 0.6) is 0 Å². The number of carbonyl (C=O) groups is 1. The summed E-state index contributed by atoms with van der Waals surface area (Å²) < 4.78 is 0. The lowest BCUT2D eigenvalue weighted by molar-refractivity contribution is -0.135. The smallest absolute Gasteiger partial charge is 0.239 e. The number of likely N-dealkylation sites (N-methyl/N-ethyl adjacent to an activating group) is 1.